The standard InChI is InChI=1S/C27H20ClFN4O5.C18H14ClFIN3O4.C13H8ClFIN3O.C8H8INO3.C7H8INO2.C6H4INO2.C5H4INO.C5H5NO.8CH4/c1-3-37-27(36)32-26-23(33(15(2)34)18-9-10-21(29)20(28)14-18)19-12-13-31-22(24(19)38-26)11-6-16-4-7-17(8-5-16)25(30)35;1-3-27-18(26)23-17-14(11-6-7-22-16(21)15(11)28-17)24(9(2)25)10-4-5-13(20)12(19)8-10;14-8-5-6(1-2-9(8)15)19-10-7-3-4-18-12(16)11(7)20-13(10)17;1-12-5-13-7-6(4-11)2-3-10-8(7)9;1-10-5-11-6-3-2-4-9-7(6)8;7-6-5(10)4(3-9)1-2-8-6;6-5-4(8)2-1-3-7-5;7-5-2-1-3-6-4-5;;;;;;;;/h4-5,7-10,12-14H,3H2,1-2H3,(H2,30,35)(H,32,36);4-8H,3H2,1-2H3,(H,23,26);1-5,19H,17H2;2-4H,5H2,1H3;2-4H,5H2,1H3;1-3,10H;1-3,8H;1-4,7H;8*1H4. The van der Waals surface area contributed by atoms with Gasteiger partial charge in [0.05, 0.1) is 73.1 Å². The molecule has 0 aliphatic carbocycles. The summed E-state index contributed by atoms with van der Waals surface area (Å²) in [7, 11) is 3.10. The molecule has 10 N–H and O–H groups in total. The van der Waals surface area contributed by atoms with Gasteiger partial charge in [-0.15, -0.1) is 0 Å². The Bertz CT molecular complexity index is 6740. The van der Waals surface area contributed by atoms with Crippen molar-refractivity contribution in [3.8, 4) is 40.6 Å². The molecule has 0 aliphatic heterocycles. The number of rotatable bonds is 19. The van der Waals surface area contributed by atoms with Crippen LogP contribution in [0.4, 0.5) is 74.5 Å². The Morgan fingerprint density at radius 2 is 0.944 bits per heavy atom. The third kappa shape index (κ3) is 38.3. The summed E-state index contributed by atoms with van der Waals surface area (Å²) in [4.78, 5) is 116. The van der Waals surface area contributed by atoms with E-state index in [1.807, 2.05) is 102 Å². The number of aldehydes is 2. The molecule has 15 aromatic rings. The van der Waals surface area contributed by atoms with Gasteiger partial charge in [0, 0.05) is 94.5 Å². The van der Waals surface area contributed by atoms with Crippen LogP contribution in [0, 0.1) is 51.5 Å². The number of nitrogens with two attached hydrogens (primary N) is 2. The summed E-state index contributed by atoms with van der Waals surface area (Å²) in [5, 5.41) is 36.0. The molecule has 0 saturated carbocycles. The first-order valence-corrected chi connectivity index (χ1v) is 45.7. The number of hydrogen-bond acceptors (Lipinski definition) is 29. The number of primary amides is 1. The lowest BCUT2D eigenvalue weighted by Gasteiger charge is -2.21. The number of ether oxygens (including phenoxy) is 6. The normalized spacial score (nSPS) is 9.61. The third-order valence-corrected chi connectivity index (χ3v) is 22.2. The molecule has 143 heavy (non-hydrogen) atoms. The number of carbonyl (C=O) groups is 7. The predicted molar refractivity (Wildman–Crippen MR) is 604 cm³/mol. The Labute approximate surface area is 921 Å². The van der Waals surface area contributed by atoms with Crippen LogP contribution in [-0.2, 0) is 28.5 Å². The third-order valence-electron chi connectivity index (χ3n) is 16.6. The van der Waals surface area contributed by atoms with Crippen LogP contribution in [0.2, 0.25) is 15.1 Å². The topological polar surface area (TPSA) is 473 Å². The van der Waals surface area contributed by atoms with Gasteiger partial charge >= 0.3 is 12.2 Å². The highest BCUT2D eigenvalue weighted by Crippen LogP contribution is 2.46. The molecule has 34 nitrogen and oxygen atoms in total. The molecule has 0 fully saturated rings. The van der Waals surface area contributed by atoms with Gasteiger partial charge in [0.15, 0.2) is 65.8 Å². The molecule has 46 heteroatoms. The van der Waals surface area contributed by atoms with Gasteiger partial charge in [-0.05, 0) is 301 Å². The Kier molecular flexibility index (Phi) is 60.6. The van der Waals surface area contributed by atoms with Crippen LogP contribution in [0.15, 0.2) is 215 Å². The van der Waals surface area contributed by atoms with Crippen molar-refractivity contribution in [1.82, 2.24) is 39.9 Å². The Balaban J connectivity index is 0.00000170. The van der Waals surface area contributed by atoms with E-state index >= 15 is 0 Å². The van der Waals surface area contributed by atoms with E-state index in [0.29, 0.717) is 82.5 Å². The highest BCUT2D eigenvalue weighted by atomic mass is 127. The number of furan rings is 3. The van der Waals surface area contributed by atoms with E-state index in [9.17, 15) is 46.7 Å². The maximum atomic E-state index is 13.9. The lowest BCUT2D eigenvalue weighted by Crippen LogP contribution is -2.24. The van der Waals surface area contributed by atoms with Crippen molar-refractivity contribution in [3.63, 3.8) is 0 Å². The summed E-state index contributed by atoms with van der Waals surface area (Å²) < 4.78 is 91.4. The molecule has 764 valence electrons. The van der Waals surface area contributed by atoms with Crippen LogP contribution in [-0.4, -0.2) is 139 Å². The lowest BCUT2D eigenvalue weighted by atomic mass is 10.1. The number of fused-ring (bicyclic) bond motifs is 3. The number of amides is 5. The van der Waals surface area contributed by atoms with Crippen molar-refractivity contribution >= 4 is 298 Å². The minimum absolute atomic E-state index is 0. The summed E-state index contributed by atoms with van der Waals surface area (Å²) in [6.45, 7) is 6.55. The van der Waals surface area contributed by atoms with Crippen LogP contribution in [0.1, 0.15) is 129 Å². The Hall–Kier alpha value is -11.9. The fourth-order valence-electron chi connectivity index (χ4n) is 10.8. The van der Waals surface area contributed by atoms with Crippen LogP contribution in [0.3, 0.4) is 0 Å². The second kappa shape index (κ2) is 66.1. The van der Waals surface area contributed by atoms with E-state index in [-0.39, 0.29) is 170 Å². The summed E-state index contributed by atoms with van der Waals surface area (Å²) in [5.41, 5.74) is 16.4. The molecule has 0 atom stereocenters. The fourth-order valence-corrected chi connectivity index (χ4v) is 14.4. The summed E-state index contributed by atoms with van der Waals surface area (Å²) in [6.07, 6.45) is 13.9. The maximum absolute atomic E-state index is 13.9. The first kappa shape index (κ1) is 131. The predicted octanol–water partition coefficient (Wildman–Crippen LogP) is 27.0. The van der Waals surface area contributed by atoms with Gasteiger partial charge < -0.3 is 73.8 Å². The largest absolute Gasteiger partial charge is 0.506 e. The lowest BCUT2D eigenvalue weighted by molar-refractivity contribution is -0.116. The second-order valence-corrected chi connectivity index (χ2v) is 33.0. The number of aromatic nitrogens is 8. The maximum Gasteiger partial charge on any atom is 0.414 e. The van der Waals surface area contributed by atoms with Gasteiger partial charge in [0.1, 0.15) is 68.2 Å². The van der Waals surface area contributed by atoms with Gasteiger partial charge in [-0.2, -0.15) is 0 Å². The van der Waals surface area contributed by atoms with Crippen molar-refractivity contribution in [2.75, 3.05) is 72.5 Å². The number of halogens is 12. The van der Waals surface area contributed by atoms with Crippen molar-refractivity contribution in [3.05, 3.63) is 284 Å². The summed E-state index contributed by atoms with van der Waals surface area (Å²) in [5.74, 6) is 4.43. The summed E-state index contributed by atoms with van der Waals surface area (Å²) in [6, 6.07) is 36.7. The number of pyridine rings is 8. The van der Waals surface area contributed by atoms with Crippen LogP contribution >= 0.6 is 170 Å². The molecule has 0 radical (unpaired) electrons. The highest BCUT2D eigenvalue weighted by Gasteiger charge is 2.31. The van der Waals surface area contributed by atoms with E-state index < -0.39 is 47.4 Å². The number of anilines is 9. The Morgan fingerprint density at radius 1 is 0.497 bits per heavy atom. The van der Waals surface area contributed by atoms with Crippen molar-refractivity contribution in [2.24, 2.45) is 5.73 Å². The van der Waals surface area contributed by atoms with E-state index in [2.05, 4.69) is 113 Å². The fraction of sp³-hybridized carbons (Fsp3) is 0.186. The Morgan fingerprint density at radius 3 is 1.39 bits per heavy atom. The van der Waals surface area contributed by atoms with Gasteiger partial charge in [0.25, 0.3) is 0 Å². The minimum atomic E-state index is -0.816. The van der Waals surface area contributed by atoms with Gasteiger partial charge in [-0.3, -0.25) is 49.4 Å². The molecular formula is C97H103Cl3F3I6N15O19. The molecule has 5 amide bonds. The second-order valence-electron chi connectivity index (χ2n) is 25.7. The molecule has 4 aromatic carbocycles. The zero-order valence-corrected chi connectivity index (χ0v) is 85.8. The first-order chi connectivity index (χ1) is 64.7. The summed E-state index contributed by atoms with van der Waals surface area (Å²) >= 11 is 29.6. The molecule has 0 saturated heterocycles. The number of carbonyl (C=O) groups excluding carboxylic acids is 7. The minimum Gasteiger partial charge on any atom is -0.506 e. The molecule has 0 unspecified atom stereocenters. The SMILES string of the molecule is C.C.C.C.C.C.C.C.CCOC(=O)Nc1oc2c(C#Cc3ccc(C(N)=O)cc3)nccc2c1N(C(C)=O)c1ccc(F)c(Cl)c1.CCOC(=O)Nc1oc2c(I)nccc2c1N(C(C)=O)c1ccc(F)c(Cl)c1.COCOc1c(C=O)ccnc1I.COCOc1cccnc1I.Nc1oc2c(I)nccc2c1Nc1ccc(F)c(Cl)c1.O=Cc1ccnc(I)c1O.Oc1cccnc1.Oc1cccnc1I. The zero-order chi connectivity index (χ0) is 98.5. The number of methoxy groups -OCH3 is 2. The van der Waals surface area contributed by atoms with Crippen molar-refractivity contribution < 1.29 is 104 Å². The van der Waals surface area contributed by atoms with Crippen LogP contribution < -0.4 is 46.7 Å². The van der Waals surface area contributed by atoms with E-state index in [0.717, 1.165) is 37.0 Å². The van der Waals surface area contributed by atoms with E-state index in [4.69, 9.17) is 103 Å². The van der Waals surface area contributed by atoms with Gasteiger partial charge in [-0.25, -0.2) is 57.6 Å². The molecule has 11 aromatic heterocycles. The molecular weight excluding hydrogens is 2600 g/mol. The molecule has 0 spiro atoms. The smallest absolute Gasteiger partial charge is 0.414 e. The number of hydrogen-bond donors (Lipinski definition) is 8. The first-order valence-electron chi connectivity index (χ1n) is 38.1. The molecule has 15 rings (SSSR count). The number of benzene rings is 4. The number of nitrogens with zero attached hydrogens (tertiary/aromatic N) is 10. The molecule has 11 heterocycles. The molecule has 0 aliphatic rings. The van der Waals surface area contributed by atoms with Gasteiger partial charge in [0.2, 0.25) is 35.4 Å². The zero-order valence-electron chi connectivity index (χ0n) is 70.6. The number of nitrogens with one attached hydrogen (secondary N) is 3. The highest BCUT2D eigenvalue weighted by molar-refractivity contribution is 14.1. The molecule has 0 bridgehead atoms. The number of nitrogen functional groups attached to an aromatic ring is 1. The van der Waals surface area contributed by atoms with E-state index in [1.165, 1.54) is 91.8 Å². The van der Waals surface area contributed by atoms with E-state index in [1.54, 1.807) is 137 Å². The quantitative estimate of drug-likeness (QED) is 0.0122. The van der Waals surface area contributed by atoms with Crippen LogP contribution in [0.25, 0.3) is 32.9 Å². The average Bonchev–Trinajstić information content (AvgIpc) is 1.61. The van der Waals surface area contributed by atoms with Crippen LogP contribution in [0.5, 0.6) is 28.7 Å². The number of aromatic hydroxyl groups is 3. The van der Waals surface area contributed by atoms with Crippen molar-refractivity contribution in [1.29, 1.82) is 0 Å². The van der Waals surface area contributed by atoms with Gasteiger partial charge in [-0.1, -0.05) is 100 Å². The average molecular weight is 2710 g/mol. The monoisotopic (exact) mass is 2710 g/mol. The van der Waals surface area contributed by atoms with Crippen molar-refractivity contribution in [2.45, 2.75) is 87.1 Å².